The van der Waals surface area contributed by atoms with Gasteiger partial charge in [0.05, 0.1) is 22.9 Å². The number of hydrogen-bond acceptors (Lipinski definition) is 8. The highest BCUT2D eigenvalue weighted by atomic mass is 32.2. The number of rotatable bonds is 7. The molecule has 3 fully saturated rings. The Morgan fingerprint density at radius 1 is 1.03 bits per heavy atom. The van der Waals surface area contributed by atoms with Crippen LogP contribution >= 0.6 is 0 Å². The second-order valence-electron chi connectivity index (χ2n) is 10.9. The molecule has 1 amide bonds. The van der Waals surface area contributed by atoms with E-state index in [1.807, 2.05) is 23.6 Å². The van der Waals surface area contributed by atoms with Gasteiger partial charge in [-0.1, -0.05) is 6.07 Å². The number of pyridine rings is 1. The Hall–Kier alpha value is -3.02. The molecule has 2 N–H and O–H groups in total. The van der Waals surface area contributed by atoms with Crippen molar-refractivity contribution in [2.45, 2.75) is 68.9 Å². The number of anilines is 3. The van der Waals surface area contributed by atoms with E-state index in [-0.39, 0.29) is 28.9 Å². The van der Waals surface area contributed by atoms with Crippen LogP contribution in [0.4, 0.5) is 17.2 Å². The molecule has 2 aliphatic heterocycles. The quantitative estimate of drug-likeness (QED) is 0.426. The van der Waals surface area contributed by atoms with Gasteiger partial charge in [0.2, 0.25) is 5.91 Å². The third-order valence-corrected chi connectivity index (χ3v) is 8.91. The molecule has 4 heterocycles. The summed E-state index contributed by atoms with van der Waals surface area (Å²) in [5, 5.41) is 6.29. The predicted octanol–water partition coefficient (Wildman–Crippen LogP) is 4.83. The van der Waals surface area contributed by atoms with E-state index in [0.717, 1.165) is 62.9 Å². The van der Waals surface area contributed by atoms with Crippen LogP contribution in [-0.2, 0) is 24.1 Å². The lowest BCUT2D eigenvalue weighted by atomic mass is 9.93. The number of nitrogens with one attached hydrogen (secondary N) is 2. The monoisotopic (exact) mass is 553 g/mol. The van der Waals surface area contributed by atoms with Gasteiger partial charge in [0.25, 0.3) is 0 Å². The van der Waals surface area contributed by atoms with Gasteiger partial charge < -0.3 is 20.1 Å². The maximum absolute atomic E-state index is 12.9. The summed E-state index contributed by atoms with van der Waals surface area (Å²) >= 11 is 0. The number of aryl methyl sites for hydroxylation is 1. The highest BCUT2D eigenvalue weighted by Gasteiger charge is 2.31. The average Bonchev–Trinajstić information content (AvgIpc) is 3.72. The fourth-order valence-electron chi connectivity index (χ4n) is 5.53. The van der Waals surface area contributed by atoms with E-state index < -0.39 is 9.84 Å². The Kier molecular flexibility index (Phi) is 7.07. The number of aromatic nitrogens is 3. The van der Waals surface area contributed by atoms with Crippen molar-refractivity contribution < 1.29 is 22.7 Å². The van der Waals surface area contributed by atoms with Crippen molar-refractivity contribution in [2.24, 2.45) is 5.92 Å². The molecule has 0 spiro atoms. The molecule has 3 aliphatic rings. The fraction of sp³-hybridized carbons (Fsp3) is 0.536. The number of ether oxygens (including phenoxy) is 2. The van der Waals surface area contributed by atoms with Crippen molar-refractivity contribution in [3.8, 4) is 0 Å². The minimum atomic E-state index is -3.55. The summed E-state index contributed by atoms with van der Waals surface area (Å²) in [4.78, 5) is 22.5. The molecule has 1 aromatic carbocycles. The molecule has 0 radical (unpaired) electrons. The number of fused-ring (bicyclic) bond motifs is 1. The Labute approximate surface area is 228 Å². The molecule has 2 saturated heterocycles. The lowest BCUT2D eigenvalue weighted by Gasteiger charge is -2.25. The molecular weight excluding hydrogens is 518 g/mol. The maximum Gasteiger partial charge on any atom is 0.228 e. The number of benzene rings is 1. The Morgan fingerprint density at radius 3 is 2.56 bits per heavy atom. The molecule has 10 nitrogen and oxygen atoms in total. The largest absolute Gasteiger partial charge is 0.381 e. The minimum absolute atomic E-state index is 0.0142. The van der Waals surface area contributed by atoms with Crippen LogP contribution in [-0.4, -0.2) is 54.9 Å². The molecule has 0 bridgehead atoms. The topological polar surface area (TPSA) is 124 Å². The number of nitrogens with zero attached hydrogens (tertiary/aromatic N) is 3. The van der Waals surface area contributed by atoms with Gasteiger partial charge >= 0.3 is 0 Å². The first-order valence-electron chi connectivity index (χ1n) is 13.8. The molecule has 6 rings (SSSR count). The predicted molar refractivity (Wildman–Crippen MR) is 148 cm³/mol. The standard InChI is InChI=1S/C28H35N5O5S/c1-17-29-26-22(30-21-11-10-19(14-23(21)39(2,35)36)20-6-5-12-37-16-20)15-24(32-28(34)18-8-9-18)31-27(26)33(17)25-7-3-4-13-38-25/h10-11,14-15,18,20,25H,3-9,12-13,16H2,1-2H3,(H2,30,31,32,34). The molecule has 11 heteroatoms. The molecule has 1 saturated carbocycles. The van der Waals surface area contributed by atoms with Crippen molar-refractivity contribution >= 4 is 44.1 Å². The van der Waals surface area contributed by atoms with Crippen molar-refractivity contribution in [2.75, 3.05) is 36.7 Å². The zero-order valence-electron chi connectivity index (χ0n) is 22.4. The first-order chi connectivity index (χ1) is 18.8. The van der Waals surface area contributed by atoms with E-state index in [1.165, 1.54) is 6.26 Å². The van der Waals surface area contributed by atoms with Crippen LogP contribution in [0.25, 0.3) is 11.2 Å². The second kappa shape index (κ2) is 10.5. The molecule has 2 aromatic heterocycles. The number of sulfone groups is 1. The van der Waals surface area contributed by atoms with E-state index in [0.29, 0.717) is 41.6 Å². The van der Waals surface area contributed by atoms with Crippen molar-refractivity contribution in [1.29, 1.82) is 0 Å². The maximum atomic E-state index is 12.9. The third-order valence-electron chi connectivity index (χ3n) is 7.77. The van der Waals surface area contributed by atoms with Crippen molar-refractivity contribution in [3.05, 3.63) is 35.7 Å². The van der Waals surface area contributed by atoms with Crippen LogP contribution in [0.3, 0.4) is 0 Å². The first-order valence-corrected chi connectivity index (χ1v) is 15.7. The van der Waals surface area contributed by atoms with Gasteiger partial charge in [-0.25, -0.2) is 18.4 Å². The second-order valence-corrected chi connectivity index (χ2v) is 12.9. The minimum Gasteiger partial charge on any atom is -0.381 e. The van der Waals surface area contributed by atoms with Crippen molar-refractivity contribution in [1.82, 2.24) is 14.5 Å². The molecular formula is C28H35N5O5S. The summed E-state index contributed by atoms with van der Waals surface area (Å²) in [6.07, 6.45) is 7.61. The first kappa shape index (κ1) is 26.2. The Bertz CT molecular complexity index is 1500. The average molecular weight is 554 g/mol. The normalized spacial score (nSPS) is 22.1. The summed E-state index contributed by atoms with van der Waals surface area (Å²) < 4.78 is 39.5. The van der Waals surface area contributed by atoms with Gasteiger partial charge in [0, 0.05) is 37.4 Å². The zero-order valence-corrected chi connectivity index (χ0v) is 23.2. The van der Waals surface area contributed by atoms with Crippen molar-refractivity contribution in [3.63, 3.8) is 0 Å². The molecule has 3 aromatic rings. The zero-order chi connectivity index (χ0) is 27.1. The molecule has 1 aliphatic carbocycles. The molecule has 208 valence electrons. The van der Waals surface area contributed by atoms with Gasteiger partial charge in [0.15, 0.2) is 15.5 Å². The van der Waals surface area contributed by atoms with Crippen LogP contribution in [0.1, 0.15) is 68.5 Å². The van der Waals surface area contributed by atoms with E-state index in [1.54, 1.807) is 12.1 Å². The third kappa shape index (κ3) is 5.53. The number of hydrogen-bond donors (Lipinski definition) is 2. The Balaban J connectivity index is 1.43. The smallest absolute Gasteiger partial charge is 0.228 e. The number of imidazole rings is 1. The molecule has 2 atom stereocenters. The van der Waals surface area contributed by atoms with E-state index >= 15 is 0 Å². The van der Waals surface area contributed by atoms with Crippen LogP contribution < -0.4 is 10.6 Å². The summed E-state index contributed by atoms with van der Waals surface area (Å²) in [5.41, 5.74) is 3.16. The van der Waals surface area contributed by atoms with E-state index in [4.69, 9.17) is 19.4 Å². The highest BCUT2D eigenvalue weighted by molar-refractivity contribution is 7.90. The summed E-state index contributed by atoms with van der Waals surface area (Å²) in [5.74, 6) is 1.27. The van der Waals surface area contributed by atoms with Crippen LogP contribution in [0.15, 0.2) is 29.2 Å². The van der Waals surface area contributed by atoms with Gasteiger partial charge in [0.1, 0.15) is 23.4 Å². The summed E-state index contributed by atoms with van der Waals surface area (Å²) in [6, 6.07) is 7.26. The Morgan fingerprint density at radius 2 is 1.87 bits per heavy atom. The van der Waals surface area contributed by atoms with Gasteiger partial charge in [-0.05, 0) is 69.6 Å². The molecule has 39 heavy (non-hydrogen) atoms. The number of carbonyl (C=O) groups excluding carboxylic acids is 1. The van der Waals surface area contributed by atoms with Gasteiger partial charge in [-0.15, -0.1) is 0 Å². The van der Waals surface area contributed by atoms with Gasteiger partial charge in [-0.3, -0.25) is 9.36 Å². The van der Waals surface area contributed by atoms with Gasteiger partial charge in [-0.2, -0.15) is 0 Å². The SMILES string of the molecule is Cc1nc2c(Nc3ccc(C4CCCOC4)cc3S(C)(=O)=O)cc(NC(=O)C3CC3)nc2n1C1CCCCO1. The summed E-state index contributed by atoms with van der Waals surface area (Å²) in [7, 11) is -3.55. The lowest BCUT2D eigenvalue weighted by molar-refractivity contribution is -0.117. The number of carbonyl (C=O) groups is 1. The van der Waals surface area contributed by atoms with E-state index in [2.05, 4.69) is 10.6 Å². The summed E-state index contributed by atoms with van der Waals surface area (Å²) in [6.45, 7) is 3.91. The van der Waals surface area contributed by atoms with Crippen LogP contribution in [0, 0.1) is 12.8 Å². The van der Waals surface area contributed by atoms with E-state index in [9.17, 15) is 13.2 Å². The lowest BCUT2D eigenvalue weighted by Crippen LogP contribution is -2.20. The van der Waals surface area contributed by atoms with Crippen LogP contribution in [0.5, 0.6) is 0 Å². The van der Waals surface area contributed by atoms with Crippen LogP contribution in [0.2, 0.25) is 0 Å². The molecule has 2 unspecified atom stereocenters. The number of amides is 1. The fourth-order valence-corrected chi connectivity index (χ4v) is 6.40. The highest BCUT2D eigenvalue weighted by Crippen LogP contribution is 2.37.